The van der Waals surface area contributed by atoms with Crippen molar-refractivity contribution < 1.29 is 4.79 Å². The molecule has 1 aromatic carbocycles. The molecular weight excluding hydrogens is 344 g/mol. The van der Waals surface area contributed by atoms with Crippen molar-refractivity contribution in [2.24, 2.45) is 0 Å². The summed E-state index contributed by atoms with van der Waals surface area (Å²) in [7, 11) is 0. The maximum atomic E-state index is 12.7. The number of carbonyl (C=O) groups excluding carboxylic acids is 1. The molecule has 2 aromatic rings. The molecule has 0 spiro atoms. The molecule has 1 saturated heterocycles. The van der Waals surface area contributed by atoms with E-state index in [0.717, 1.165) is 36.9 Å². The Bertz CT molecular complexity index is 756. The van der Waals surface area contributed by atoms with Gasteiger partial charge in [-0.3, -0.25) is 4.79 Å². The van der Waals surface area contributed by atoms with Crippen LogP contribution in [0.15, 0.2) is 35.5 Å². The van der Waals surface area contributed by atoms with Crippen molar-refractivity contribution in [3.05, 3.63) is 41.7 Å². The number of thioether (sulfide) groups is 1. The summed E-state index contributed by atoms with van der Waals surface area (Å²) in [5, 5.41) is 9.73. The maximum Gasteiger partial charge on any atom is 0.233 e. The molecule has 0 radical (unpaired) electrons. The number of rotatable bonds is 6. The van der Waals surface area contributed by atoms with Gasteiger partial charge < -0.3 is 9.47 Å². The molecule has 1 saturated carbocycles. The molecule has 1 atom stereocenters. The minimum absolute atomic E-state index is 0.226. The van der Waals surface area contributed by atoms with Gasteiger partial charge in [0.2, 0.25) is 5.91 Å². The summed E-state index contributed by atoms with van der Waals surface area (Å²) in [4.78, 5) is 14.7. The van der Waals surface area contributed by atoms with Gasteiger partial charge in [-0.15, -0.1) is 10.2 Å². The van der Waals surface area contributed by atoms with Gasteiger partial charge in [-0.05, 0) is 44.6 Å². The summed E-state index contributed by atoms with van der Waals surface area (Å²) in [6, 6.07) is 10.8. The molecule has 138 valence electrons. The fourth-order valence-electron chi connectivity index (χ4n) is 3.64. The summed E-state index contributed by atoms with van der Waals surface area (Å²) in [6.45, 7) is 3.83. The SMILES string of the molecule is CC1CCCCN1C(=O)CSc1nnc(C2CC2)n1Cc1ccccc1. The highest BCUT2D eigenvalue weighted by molar-refractivity contribution is 7.99. The normalized spacial score (nSPS) is 20.3. The van der Waals surface area contributed by atoms with Gasteiger partial charge in [-0.2, -0.15) is 0 Å². The number of likely N-dealkylation sites (tertiary alicyclic amines) is 1. The van der Waals surface area contributed by atoms with Crippen LogP contribution >= 0.6 is 11.8 Å². The van der Waals surface area contributed by atoms with E-state index in [2.05, 4.69) is 46.0 Å². The third-order valence-corrected chi connectivity index (χ3v) is 6.27. The fourth-order valence-corrected chi connectivity index (χ4v) is 4.47. The summed E-state index contributed by atoms with van der Waals surface area (Å²) < 4.78 is 2.21. The Morgan fingerprint density at radius 3 is 2.69 bits per heavy atom. The molecule has 1 aromatic heterocycles. The van der Waals surface area contributed by atoms with Crippen molar-refractivity contribution in [2.45, 2.75) is 62.7 Å². The van der Waals surface area contributed by atoms with E-state index in [4.69, 9.17) is 0 Å². The van der Waals surface area contributed by atoms with Crippen LogP contribution in [-0.2, 0) is 11.3 Å². The predicted octanol–water partition coefficient (Wildman–Crippen LogP) is 3.70. The molecular formula is C20H26N4OS. The summed E-state index contributed by atoms with van der Waals surface area (Å²) in [6.07, 6.45) is 5.86. The molecule has 0 N–H and O–H groups in total. The van der Waals surface area contributed by atoms with Crippen LogP contribution in [0, 0.1) is 0 Å². The lowest BCUT2D eigenvalue weighted by Gasteiger charge is -2.33. The van der Waals surface area contributed by atoms with Crippen LogP contribution in [0.25, 0.3) is 0 Å². The van der Waals surface area contributed by atoms with Gasteiger partial charge in [-0.1, -0.05) is 42.1 Å². The number of amides is 1. The van der Waals surface area contributed by atoms with Crippen LogP contribution in [-0.4, -0.2) is 43.9 Å². The maximum absolute atomic E-state index is 12.7. The molecule has 2 fully saturated rings. The van der Waals surface area contributed by atoms with E-state index >= 15 is 0 Å². The highest BCUT2D eigenvalue weighted by Crippen LogP contribution is 2.40. The number of hydrogen-bond donors (Lipinski definition) is 0. The summed E-state index contributed by atoms with van der Waals surface area (Å²) >= 11 is 1.53. The van der Waals surface area contributed by atoms with Gasteiger partial charge >= 0.3 is 0 Å². The van der Waals surface area contributed by atoms with E-state index in [-0.39, 0.29) is 5.91 Å². The van der Waals surface area contributed by atoms with Crippen molar-refractivity contribution in [1.29, 1.82) is 0 Å². The minimum Gasteiger partial charge on any atom is -0.339 e. The number of benzene rings is 1. The molecule has 5 nitrogen and oxygen atoms in total. The first kappa shape index (κ1) is 17.6. The Morgan fingerprint density at radius 2 is 1.96 bits per heavy atom. The molecule has 2 aliphatic rings. The van der Waals surface area contributed by atoms with Gasteiger partial charge in [0.1, 0.15) is 5.82 Å². The molecule has 1 amide bonds. The van der Waals surface area contributed by atoms with Crippen LogP contribution in [0.1, 0.15) is 56.3 Å². The number of aromatic nitrogens is 3. The monoisotopic (exact) mass is 370 g/mol. The third-order valence-electron chi connectivity index (χ3n) is 5.32. The van der Waals surface area contributed by atoms with E-state index in [1.165, 1.54) is 36.6 Å². The topological polar surface area (TPSA) is 51.0 Å². The Morgan fingerprint density at radius 1 is 1.15 bits per heavy atom. The second-order valence-electron chi connectivity index (χ2n) is 7.41. The van der Waals surface area contributed by atoms with E-state index < -0.39 is 0 Å². The molecule has 2 heterocycles. The molecule has 1 aliphatic heterocycles. The predicted molar refractivity (Wildman–Crippen MR) is 103 cm³/mol. The Labute approximate surface area is 159 Å². The molecule has 1 aliphatic carbocycles. The zero-order valence-corrected chi connectivity index (χ0v) is 16.1. The third kappa shape index (κ3) is 3.95. The van der Waals surface area contributed by atoms with Gasteiger partial charge in [-0.25, -0.2) is 0 Å². The van der Waals surface area contributed by atoms with Crippen molar-refractivity contribution in [3.8, 4) is 0 Å². The van der Waals surface area contributed by atoms with Gasteiger partial charge in [0.25, 0.3) is 0 Å². The van der Waals surface area contributed by atoms with Crippen LogP contribution in [0.3, 0.4) is 0 Å². The summed E-state index contributed by atoms with van der Waals surface area (Å²) in [5.41, 5.74) is 1.24. The lowest BCUT2D eigenvalue weighted by molar-refractivity contribution is -0.131. The Kier molecular flexibility index (Phi) is 5.29. The van der Waals surface area contributed by atoms with Crippen LogP contribution < -0.4 is 0 Å². The average Bonchev–Trinajstić information content (AvgIpc) is 3.43. The van der Waals surface area contributed by atoms with E-state index in [1.807, 2.05) is 11.0 Å². The second-order valence-corrected chi connectivity index (χ2v) is 8.35. The van der Waals surface area contributed by atoms with Gasteiger partial charge in [0, 0.05) is 18.5 Å². The average molecular weight is 371 g/mol. The smallest absolute Gasteiger partial charge is 0.233 e. The quantitative estimate of drug-likeness (QED) is 0.728. The first-order valence-electron chi connectivity index (χ1n) is 9.61. The Hall–Kier alpha value is -1.82. The van der Waals surface area contributed by atoms with E-state index in [0.29, 0.717) is 17.7 Å². The van der Waals surface area contributed by atoms with Crippen LogP contribution in [0.2, 0.25) is 0 Å². The number of carbonyl (C=O) groups is 1. The Balaban J connectivity index is 1.46. The van der Waals surface area contributed by atoms with Crippen molar-refractivity contribution in [3.63, 3.8) is 0 Å². The molecule has 6 heteroatoms. The largest absolute Gasteiger partial charge is 0.339 e. The summed E-state index contributed by atoms with van der Waals surface area (Å²) in [5.74, 6) is 2.29. The lowest BCUT2D eigenvalue weighted by Crippen LogP contribution is -2.43. The van der Waals surface area contributed by atoms with E-state index in [1.54, 1.807) is 0 Å². The first-order chi connectivity index (χ1) is 12.7. The molecule has 4 rings (SSSR count). The van der Waals surface area contributed by atoms with Gasteiger partial charge in [0.15, 0.2) is 5.16 Å². The highest BCUT2D eigenvalue weighted by Gasteiger charge is 2.31. The van der Waals surface area contributed by atoms with Crippen LogP contribution in [0.5, 0.6) is 0 Å². The number of piperidine rings is 1. The van der Waals surface area contributed by atoms with Crippen molar-refractivity contribution >= 4 is 17.7 Å². The molecule has 0 bridgehead atoms. The highest BCUT2D eigenvalue weighted by atomic mass is 32.2. The first-order valence-corrected chi connectivity index (χ1v) is 10.6. The van der Waals surface area contributed by atoms with Crippen molar-refractivity contribution in [2.75, 3.05) is 12.3 Å². The molecule has 1 unspecified atom stereocenters. The van der Waals surface area contributed by atoms with E-state index in [9.17, 15) is 4.79 Å². The minimum atomic E-state index is 0.226. The van der Waals surface area contributed by atoms with Crippen LogP contribution in [0.4, 0.5) is 0 Å². The zero-order valence-electron chi connectivity index (χ0n) is 15.3. The number of hydrogen-bond acceptors (Lipinski definition) is 4. The van der Waals surface area contributed by atoms with Gasteiger partial charge in [0.05, 0.1) is 12.3 Å². The number of nitrogens with zero attached hydrogens (tertiary/aromatic N) is 4. The van der Waals surface area contributed by atoms with Crippen molar-refractivity contribution in [1.82, 2.24) is 19.7 Å². The zero-order chi connectivity index (χ0) is 17.9. The lowest BCUT2D eigenvalue weighted by atomic mass is 10.0. The fraction of sp³-hybridized carbons (Fsp3) is 0.550. The second kappa shape index (κ2) is 7.82. The standard InChI is InChI=1S/C20H26N4OS/c1-15-7-5-6-12-23(15)18(25)14-26-20-22-21-19(17-10-11-17)24(20)13-16-8-3-2-4-9-16/h2-4,8-9,15,17H,5-7,10-14H2,1H3. The molecule has 26 heavy (non-hydrogen) atoms.